The number of nitrogens with zero attached hydrogens (tertiary/aromatic N) is 1. The van der Waals surface area contributed by atoms with Gasteiger partial charge >= 0.3 is 5.69 Å². The Morgan fingerprint density at radius 2 is 1.77 bits per heavy atom. The number of nitrogens with one attached hydrogen (secondary N) is 2. The van der Waals surface area contributed by atoms with Crippen LogP contribution in [0.15, 0.2) is 53.3 Å². The number of amides is 1. The smallest absolute Gasteiger partial charge is 0.346 e. The fourth-order valence-electron chi connectivity index (χ4n) is 2.29. The van der Waals surface area contributed by atoms with Gasteiger partial charge in [-0.3, -0.25) is 4.79 Å². The van der Waals surface area contributed by atoms with Crippen molar-refractivity contribution in [2.45, 2.75) is 0 Å². The van der Waals surface area contributed by atoms with Crippen LogP contribution in [0, 0.1) is 0 Å². The zero-order valence-corrected chi connectivity index (χ0v) is 15.1. The molecule has 0 unspecified atom stereocenters. The van der Waals surface area contributed by atoms with E-state index in [1.807, 2.05) is 0 Å². The van der Waals surface area contributed by atoms with Crippen molar-refractivity contribution >= 4 is 34.8 Å². The van der Waals surface area contributed by atoms with Gasteiger partial charge in [0.05, 0.1) is 28.5 Å². The van der Waals surface area contributed by atoms with Gasteiger partial charge in [-0.15, -0.1) is 0 Å². The number of hydrogen-bond donors (Lipinski definition) is 2. The number of ether oxygens (including phenoxy) is 1. The van der Waals surface area contributed by atoms with E-state index < -0.39 is 11.6 Å². The highest BCUT2D eigenvalue weighted by Crippen LogP contribution is 2.30. The number of methoxy groups -OCH3 is 1. The fraction of sp³-hybridized carbons (Fsp3) is 0.0556. The van der Waals surface area contributed by atoms with Gasteiger partial charge < -0.3 is 15.0 Å². The molecule has 0 saturated carbocycles. The van der Waals surface area contributed by atoms with Crippen molar-refractivity contribution in [1.82, 2.24) is 9.97 Å². The molecule has 132 valence electrons. The number of aromatic nitrogens is 2. The molecule has 3 rings (SSSR count). The van der Waals surface area contributed by atoms with E-state index in [1.54, 1.807) is 49.6 Å². The molecule has 0 fully saturated rings. The lowest BCUT2D eigenvalue weighted by Crippen LogP contribution is -2.21. The Morgan fingerprint density at radius 1 is 1.12 bits per heavy atom. The molecule has 1 amide bonds. The van der Waals surface area contributed by atoms with Crippen LogP contribution in [-0.2, 0) is 0 Å². The lowest BCUT2D eigenvalue weighted by atomic mass is 10.1. The van der Waals surface area contributed by atoms with Crippen molar-refractivity contribution < 1.29 is 9.53 Å². The van der Waals surface area contributed by atoms with Crippen LogP contribution in [-0.4, -0.2) is 23.0 Å². The summed E-state index contributed by atoms with van der Waals surface area (Å²) < 4.78 is 5.10. The zero-order valence-electron chi connectivity index (χ0n) is 13.5. The predicted molar refractivity (Wildman–Crippen MR) is 101 cm³/mol. The molecular formula is C18H13Cl2N3O3. The van der Waals surface area contributed by atoms with Crippen molar-refractivity contribution in [3.05, 3.63) is 74.8 Å². The summed E-state index contributed by atoms with van der Waals surface area (Å²) in [6, 6.07) is 13.3. The van der Waals surface area contributed by atoms with Crippen molar-refractivity contribution in [3.63, 3.8) is 0 Å². The average molecular weight is 390 g/mol. The fourth-order valence-corrected chi connectivity index (χ4v) is 2.78. The summed E-state index contributed by atoms with van der Waals surface area (Å²) in [4.78, 5) is 30.7. The monoisotopic (exact) mass is 389 g/mol. The molecule has 2 aromatic carbocycles. The van der Waals surface area contributed by atoms with Crippen molar-refractivity contribution in [1.29, 1.82) is 0 Å². The van der Waals surface area contributed by atoms with Crippen LogP contribution in [0.25, 0.3) is 11.3 Å². The van der Waals surface area contributed by atoms with Gasteiger partial charge in [0.15, 0.2) is 0 Å². The number of benzene rings is 2. The van der Waals surface area contributed by atoms with Crippen molar-refractivity contribution in [2.24, 2.45) is 0 Å². The number of rotatable bonds is 4. The van der Waals surface area contributed by atoms with Gasteiger partial charge in [0.2, 0.25) is 0 Å². The summed E-state index contributed by atoms with van der Waals surface area (Å²) in [5.74, 6) is 0.110. The van der Waals surface area contributed by atoms with E-state index in [9.17, 15) is 9.59 Å². The second-order valence-electron chi connectivity index (χ2n) is 5.26. The van der Waals surface area contributed by atoms with Crippen LogP contribution in [0.5, 0.6) is 5.75 Å². The first kappa shape index (κ1) is 18.0. The Balaban J connectivity index is 1.94. The Hall–Kier alpha value is -2.83. The molecule has 2 N–H and O–H groups in total. The minimum Gasteiger partial charge on any atom is -0.497 e. The maximum atomic E-state index is 12.5. The molecule has 0 bridgehead atoms. The van der Waals surface area contributed by atoms with E-state index in [-0.39, 0.29) is 21.4 Å². The van der Waals surface area contributed by atoms with Gasteiger partial charge in [-0.05, 0) is 42.5 Å². The molecule has 0 radical (unpaired) electrons. The number of carbonyl (C=O) groups excluding carboxylic acids is 1. The van der Waals surface area contributed by atoms with Crippen LogP contribution in [0.3, 0.4) is 0 Å². The number of aromatic amines is 1. The lowest BCUT2D eigenvalue weighted by Gasteiger charge is -2.09. The first-order chi connectivity index (χ1) is 12.5. The summed E-state index contributed by atoms with van der Waals surface area (Å²) in [6.07, 6.45) is 0. The lowest BCUT2D eigenvalue weighted by molar-refractivity contribution is 0.102. The summed E-state index contributed by atoms with van der Waals surface area (Å²) in [6.45, 7) is 0. The summed E-state index contributed by atoms with van der Waals surface area (Å²) in [5.41, 5.74) is 0.679. The third-order valence-electron chi connectivity index (χ3n) is 3.58. The van der Waals surface area contributed by atoms with Crippen LogP contribution < -0.4 is 15.7 Å². The standard InChI is InChI=1S/C18H13Cl2N3O3/c1-26-11-7-5-10(6-8-11)14-9-15(22-18(25)21-14)17(24)23-16-12(19)3-2-4-13(16)20/h2-9H,1H3,(H,23,24)(H,21,22,25). The number of halogens is 2. The molecule has 0 aliphatic heterocycles. The molecule has 26 heavy (non-hydrogen) atoms. The summed E-state index contributed by atoms with van der Waals surface area (Å²) in [7, 11) is 1.56. The molecule has 0 saturated heterocycles. The molecule has 1 heterocycles. The number of carbonyl (C=O) groups is 1. The van der Waals surface area contributed by atoms with E-state index in [0.29, 0.717) is 17.0 Å². The number of hydrogen-bond acceptors (Lipinski definition) is 4. The minimum atomic E-state index is -0.645. The van der Waals surface area contributed by atoms with Crippen LogP contribution in [0.1, 0.15) is 10.5 Å². The second-order valence-corrected chi connectivity index (χ2v) is 6.08. The normalized spacial score (nSPS) is 10.4. The van der Waals surface area contributed by atoms with Gasteiger partial charge in [0.1, 0.15) is 11.4 Å². The van der Waals surface area contributed by atoms with Crippen LogP contribution in [0.4, 0.5) is 5.69 Å². The maximum absolute atomic E-state index is 12.5. The third kappa shape index (κ3) is 3.87. The predicted octanol–water partition coefficient (Wildman–Crippen LogP) is 4.00. The maximum Gasteiger partial charge on any atom is 0.346 e. The molecule has 1 aromatic heterocycles. The van der Waals surface area contributed by atoms with Crippen LogP contribution in [0.2, 0.25) is 10.0 Å². The molecule has 0 spiro atoms. The highest BCUT2D eigenvalue weighted by Gasteiger charge is 2.14. The second kappa shape index (κ2) is 7.59. The van der Waals surface area contributed by atoms with Crippen molar-refractivity contribution in [2.75, 3.05) is 12.4 Å². The van der Waals surface area contributed by atoms with E-state index in [1.165, 1.54) is 6.07 Å². The number of anilines is 1. The number of H-pyrrole nitrogens is 1. The van der Waals surface area contributed by atoms with Gasteiger partial charge in [0, 0.05) is 5.56 Å². The topological polar surface area (TPSA) is 84.1 Å². The molecule has 0 aliphatic carbocycles. The SMILES string of the molecule is COc1ccc(-c2cc(C(=O)Nc3c(Cl)cccc3Cl)[nH]c(=O)n2)cc1. The van der Waals surface area contributed by atoms with Crippen LogP contribution >= 0.6 is 23.2 Å². The van der Waals surface area contributed by atoms with Gasteiger partial charge in [-0.1, -0.05) is 29.3 Å². The summed E-state index contributed by atoms with van der Waals surface area (Å²) >= 11 is 12.1. The van der Waals surface area contributed by atoms with Gasteiger partial charge in [-0.25, -0.2) is 4.79 Å². The minimum absolute atomic E-state index is 0.0341. The Morgan fingerprint density at radius 3 is 2.38 bits per heavy atom. The van der Waals surface area contributed by atoms with Crippen molar-refractivity contribution in [3.8, 4) is 17.0 Å². The first-order valence-electron chi connectivity index (χ1n) is 7.49. The highest BCUT2D eigenvalue weighted by molar-refractivity contribution is 6.40. The molecule has 3 aromatic rings. The average Bonchev–Trinajstić information content (AvgIpc) is 2.64. The van der Waals surface area contributed by atoms with E-state index in [0.717, 1.165) is 0 Å². The first-order valence-corrected chi connectivity index (χ1v) is 8.24. The quantitative estimate of drug-likeness (QED) is 0.705. The largest absolute Gasteiger partial charge is 0.497 e. The number of para-hydroxylation sites is 1. The Kier molecular flexibility index (Phi) is 5.25. The molecule has 6 nitrogen and oxygen atoms in total. The highest BCUT2D eigenvalue weighted by atomic mass is 35.5. The summed E-state index contributed by atoms with van der Waals surface area (Å²) in [5, 5.41) is 3.18. The Bertz CT molecular complexity index is 997. The molecular weight excluding hydrogens is 377 g/mol. The molecule has 0 atom stereocenters. The molecule has 8 heteroatoms. The zero-order chi connectivity index (χ0) is 18.7. The van der Waals surface area contributed by atoms with E-state index in [2.05, 4.69) is 15.3 Å². The van der Waals surface area contributed by atoms with E-state index in [4.69, 9.17) is 27.9 Å². The van der Waals surface area contributed by atoms with Gasteiger partial charge in [0.25, 0.3) is 5.91 Å². The van der Waals surface area contributed by atoms with E-state index >= 15 is 0 Å². The van der Waals surface area contributed by atoms with Gasteiger partial charge in [-0.2, -0.15) is 4.98 Å². The Labute approximate surface area is 158 Å². The molecule has 0 aliphatic rings. The third-order valence-corrected chi connectivity index (χ3v) is 4.21.